The molecule has 2 aliphatic rings. The fraction of sp³-hybridized carbons (Fsp3) is 0.588. The number of carbonyl (C=O) groups is 1. The number of nitrogens with one attached hydrogen (secondary N) is 1. The maximum absolute atomic E-state index is 12.8. The van der Waals surface area contributed by atoms with E-state index in [9.17, 15) is 4.79 Å². The van der Waals surface area contributed by atoms with Gasteiger partial charge >= 0.3 is 0 Å². The zero-order chi connectivity index (χ0) is 14.7. The molecule has 114 valence electrons. The summed E-state index contributed by atoms with van der Waals surface area (Å²) in [6.45, 7) is 1.60. The van der Waals surface area contributed by atoms with E-state index in [1.54, 1.807) is 0 Å². The number of aliphatic hydroxyl groups excluding tert-OH is 1. The van der Waals surface area contributed by atoms with Crippen LogP contribution in [0.15, 0.2) is 24.3 Å². The van der Waals surface area contributed by atoms with Crippen LogP contribution in [0.4, 0.5) is 0 Å². The van der Waals surface area contributed by atoms with Crippen LogP contribution in [0.25, 0.3) is 0 Å². The molecule has 2 N–H and O–H groups in total. The molecule has 0 unspecified atom stereocenters. The van der Waals surface area contributed by atoms with Gasteiger partial charge in [0.05, 0.1) is 6.04 Å². The van der Waals surface area contributed by atoms with E-state index in [2.05, 4.69) is 17.4 Å². The van der Waals surface area contributed by atoms with Crippen molar-refractivity contribution in [1.29, 1.82) is 0 Å². The molecule has 3 rings (SSSR count). The van der Waals surface area contributed by atoms with Crippen LogP contribution >= 0.6 is 0 Å². The quantitative estimate of drug-likeness (QED) is 0.862. The van der Waals surface area contributed by atoms with E-state index < -0.39 is 0 Å². The maximum Gasteiger partial charge on any atom is 0.240 e. The van der Waals surface area contributed by atoms with Crippen molar-refractivity contribution < 1.29 is 9.90 Å². The molecule has 4 nitrogen and oxygen atoms in total. The molecular weight excluding hydrogens is 264 g/mol. The van der Waals surface area contributed by atoms with E-state index in [1.165, 1.54) is 17.5 Å². The van der Waals surface area contributed by atoms with Gasteiger partial charge in [-0.05, 0) is 43.2 Å². The minimum atomic E-state index is -0.112. The molecule has 1 saturated carbocycles. The molecule has 1 heterocycles. The molecule has 4 heteroatoms. The minimum Gasteiger partial charge on any atom is -0.396 e. The summed E-state index contributed by atoms with van der Waals surface area (Å²) in [6.07, 6.45) is 4.89. The molecule has 1 aromatic rings. The van der Waals surface area contributed by atoms with Gasteiger partial charge in [-0.25, -0.2) is 0 Å². The number of amides is 1. The normalized spacial score (nSPS) is 21.5. The van der Waals surface area contributed by atoms with Gasteiger partial charge in [0, 0.05) is 25.7 Å². The molecule has 21 heavy (non-hydrogen) atoms. The lowest BCUT2D eigenvalue weighted by molar-refractivity contribution is -0.138. The molecule has 1 fully saturated rings. The molecule has 0 radical (unpaired) electrons. The topological polar surface area (TPSA) is 52.6 Å². The van der Waals surface area contributed by atoms with Crippen LogP contribution in [0.2, 0.25) is 0 Å². The van der Waals surface area contributed by atoms with Gasteiger partial charge in [-0.2, -0.15) is 0 Å². The highest BCUT2D eigenvalue weighted by atomic mass is 16.3. The average Bonchev–Trinajstić information content (AvgIpc) is 2.48. The average molecular weight is 288 g/mol. The minimum absolute atomic E-state index is 0.112. The number of hydrogen-bond donors (Lipinski definition) is 2. The van der Waals surface area contributed by atoms with Crippen LogP contribution in [-0.2, 0) is 17.8 Å². The van der Waals surface area contributed by atoms with Crippen LogP contribution in [0, 0.1) is 0 Å². The highest BCUT2D eigenvalue weighted by Gasteiger charge is 2.33. The highest BCUT2D eigenvalue weighted by molar-refractivity contribution is 5.83. The van der Waals surface area contributed by atoms with Crippen molar-refractivity contribution in [1.82, 2.24) is 10.2 Å². The van der Waals surface area contributed by atoms with E-state index in [1.807, 2.05) is 17.0 Å². The Morgan fingerprint density at radius 1 is 1.29 bits per heavy atom. The Bertz CT molecular complexity index is 499. The number of rotatable bonds is 5. The van der Waals surface area contributed by atoms with Crippen molar-refractivity contribution in [2.75, 3.05) is 13.2 Å². The second-order valence-electron chi connectivity index (χ2n) is 6.10. The number of nitrogens with zero attached hydrogens (tertiary/aromatic N) is 1. The number of aliphatic hydroxyl groups is 1. The summed E-state index contributed by atoms with van der Waals surface area (Å²) < 4.78 is 0. The first-order valence-corrected chi connectivity index (χ1v) is 8.01. The predicted octanol–water partition coefficient (Wildman–Crippen LogP) is 1.46. The molecule has 1 aliphatic heterocycles. The van der Waals surface area contributed by atoms with E-state index in [0.29, 0.717) is 19.0 Å². The first kappa shape index (κ1) is 14.5. The lowest BCUT2D eigenvalue weighted by Crippen LogP contribution is -2.54. The monoisotopic (exact) mass is 288 g/mol. The van der Waals surface area contributed by atoms with Crippen molar-refractivity contribution in [3.05, 3.63) is 35.4 Å². The Hall–Kier alpha value is -1.39. The highest BCUT2D eigenvalue weighted by Crippen LogP contribution is 2.27. The lowest BCUT2D eigenvalue weighted by atomic mass is 9.89. The zero-order valence-electron chi connectivity index (χ0n) is 12.4. The fourth-order valence-electron chi connectivity index (χ4n) is 3.24. The van der Waals surface area contributed by atoms with Crippen LogP contribution in [0.5, 0.6) is 0 Å². The molecule has 1 aromatic carbocycles. The summed E-state index contributed by atoms with van der Waals surface area (Å²) in [7, 11) is 0. The van der Waals surface area contributed by atoms with Gasteiger partial charge in [0.1, 0.15) is 0 Å². The number of benzene rings is 1. The van der Waals surface area contributed by atoms with Gasteiger partial charge in [-0.15, -0.1) is 0 Å². The summed E-state index contributed by atoms with van der Waals surface area (Å²) in [5, 5.41) is 12.4. The van der Waals surface area contributed by atoms with Crippen molar-refractivity contribution in [2.24, 2.45) is 0 Å². The molecule has 1 amide bonds. The smallest absolute Gasteiger partial charge is 0.240 e. The second kappa shape index (κ2) is 6.58. The Balaban J connectivity index is 1.68. The van der Waals surface area contributed by atoms with Crippen molar-refractivity contribution in [3.63, 3.8) is 0 Å². The van der Waals surface area contributed by atoms with Crippen LogP contribution in [0.1, 0.15) is 36.8 Å². The summed E-state index contributed by atoms with van der Waals surface area (Å²) in [5.41, 5.74) is 2.58. The number of carbonyl (C=O) groups excluding carboxylic acids is 1. The number of hydrogen-bond acceptors (Lipinski definition) is 3. The maximum atomic E-state index is 12.8. The van der Waals surface area contributed by atoms with E-state index in [-0.39, 0.29) is 18.6 Å². The molecular formula is C17H24N2O2. The summed E-state index contributed by atoms with van der Waals surface area (Å²) in [6, 6.07) is 8.62. The third-order valence-corrected chi connectivity index (χ3v) is 4.74. The van der Waals surface area contributed by atoms with Gasteiger partial charge in [0.2, 0.25) is 5.91 Å². The Morgan fingerprint density at radius 2 is 2.05 bits per heavy atom. The lowest BCUT2D eigenvalue weighted by Gasteiger charge is -2.40. The van der Waals surface area contributed by atoms with E-state index in [4.69, 9.17) is 5.11 Å². The first-order valence-electron chi connectivity index (χ1n) is 8.01. The fourth-order valence-corrected chi connectivity index (χ4v) is 3.24. The standard InChI is InChI=1S/C17H24N2O2/c20-10-4-9-19(15-7-3-8-15)17(21)16-11-13-5-1-2-6-14(13)12-18-16/h1-2,5-6,15-16,18,20H,3-4,7-12H2/t16-/m1/s1. The molecule has 1 atom stereocenters. The third-order valence-electron chi connectivity index (χ3n) is 4.74. The summed E-state index contributed by atoms with van der Waals surface area (Å²) in [5.74, 6) is 0.211. The van der Waals surface area contributed by atoms with Gasteiger partial charge in [-0.1, -0.05) is 24.3 Å². The van der Waals surface area contributed by atoms with Gasteiger partial charge in [0.15, 0.2) is 0 Å². The van der Waals surface area contributed by atoms with Gasteiger partial charge < -0.3 is 15.3 Å². The molecule has 0 bridgehead atoms. The van der Waals surface area contributed by atoms with Crippen molar-refractivity contribution >= 4 is 5.91 Å². The SMILES string of the molecule is O=C([C@H]1Cc2ccccc2CN1)N(CCCO)C1CCC1. The Labute approximate surface area is 126 Å². The van der Waals surface area contributed by atoms with Gasteiger partial charge in [-0.3, -0.25) is 4.79 Å². The molecule has 0 saturated heterocycles. The first-order chi connectivity index (χ1) is 10.3. The number of fused-ring (bicyclic) bond motifs is 1. The molecule has 1 aliphatic carbocycles. The predicted molar refractivity (Wildman–Crippen MR) is 81.8 cm³/mol. The van der Waals surface area contributed by atoms with Crippen molar-refractivity contribution in [2.45, 2.75) is 50.7 Å². The molecule has 0 aromatic heterocycles. The summed E-state index contributed by atoms with van der Waals surface area (Å²) >= 11 is 0. The van der Waals surface area contributed by atoms with E-state index >= 15 is 0 Å². The zero-order valence-corrected chi connectivity index (χ0v) is 12.4. The Kier molecular flexibility index (Phi) is 4.56. The van der Waals surface area contributed by atoms with E-state index in [0.717, 1.165) is 25.8 Å². The third kappa shape index (κ3) is 3.11. The van der Waals surface area contributed by atoms with Crippen LogP contribution in [0.3, 0.4) is 0 Å². The second-order valence-corrected chi connectivity index (χ2v) is 6.10. The molecule has 0 spiro atoms. The van der Waals surface area contributed by atoms with Crippen LogP contribution in [-0.4, -0.2) is 41.1 Å². The summed E-state index contributed by atoms with van der Waals surface area (Å²) in [4.78, 5) is 14.8. The largest absolute Gasteiger partial charge is 0.396 e. The Morgan fingerprint density at radius 3 is 2.71 bits per heavy atom. The van der Waals surface area contributed by atoms with Crippen LogP contribution < -0.4 is 5.32 Å². The van der Waals surface area contributed by atoms with Gasteiger partial charge in [0.25, 0.3) is 0 Å². The van der Waals surface area contributed by atoms with Crippen molar-refractivity contribution in [3.8, 4) is 0 Å².